The molecule has 1 N–H and O–H groups in total. The molecule has 0 bridgehead atoms. The van der Waals surface area contributed by atoms with Crippen molar-refractivity contribution in [1.82, 2.24) is 9.47 Å². The van der Waals surface area contributed by atoms with Gasteiger partial charge in [0.25, 0.3) is 0 Å². The molecule has 0 amide bonds. The first-order chi connectivity index (χ1) is 12.7. The maximum absolute atomic E-state index is 14.5. The second-order valence-electron chi connectivity index (χ2n) is 6.75. The summed E-state index contributed by atoms with van der Waals surface area (Å²) in [6.07, 6.45) is 4.03. The third-order valence-electron chi connectivity index (χ3n) is 4.88. The highest BCUT2D eigenvalue weighted by Crippen LogP contribution is 2.39. The maximum Gasteiger partial charge on any atom is 0.133 e. The molecule has 1 aliphatic heterocycles. The Morgan fingerprint density at radius 3 is 2.77 bits per heavy atom. The number of likely N-dealkylation sites (tertiary alicyclic amines) is 1. The van der Waals surface area contributed by atoms with Crippen molar-refractivity contribution in [3.05, 3.63) is 47.6 Å². The highest BCUT2D eigenvalue weighted by molar-refractivity contribution is 7.20. The quantitative estimate of drug-likeness (QED) is 0.687. The molecule has 3 nitrogen and oxygen atoms in total. The van der Waals surface area contributed by atoms with Crippen LogP contribution in [0.15, 0.2) is 42.7 Å². The Balaban J connectivity index is 1.77. The van der Waals surface area contributed by atoms with E-state index in [4.69, 9.17) is 0 Å². The number of hydrogen-bond acceptors (Lipinski definition) is 3. The van der Waals surface area contributed by atoms with Crippen molar-refractivity contribution in [1.29, 1.82) is 0 Å². The molecular weight excluding hydrogens is 345 g/mol. The number of halogens is 1. The van der Waals surface area contributed by atoms with E-state index in [1.807, 2.05) is 55.5 Å². The van der Waals surface area contributed by atoms with Gasteiger partial charge in [-0.05, 0) is 38.6 Å². The van der Waals surface area contributed by atoms with Gasteiger partial charge in [0.2, 0.25) is 0 Å². The zero-order chi connectivity index (χ0) is 18.1. The summed E-state index contributed by atoms with van der Waals surface area (Å²) in [5.41, 5.74) is 2.11. The van der Waals surface area contributed by atoms with Gasteiger partial charge in [-0.25, -0.2) is 4.39 Å². The lowest BCUT2D eigenvalue weighted by atomic mass is 10.0. The third kappa shape index (κ3) is 3.11. The van der Waals surface area contributed by atoms with Gasteiger partial charge in [-0.3, -0.25) is 0 Å². The monoisotopic (exact) mass is 367 g/mol. The number of nitrogens with one attached hydrogen (secondary N) is 1. The predicted octanol–water partition coefficient (Wildman–Crippen LogP) is 4.52. The van der Waals surface area contributed by atoms with Crippen LogP contribution >= 0.6 is 11.3 Å². The minimum absolute atomic E-state index is 0.144. The number of benzene rings is 1. The average Bonchev–Trinajstić information content (AvgIpc) is 3.25. The fraction of sp³-hybridized carbons (Fsp3) is 0.333. The Bertz CT molecular complexity index is 964. The SMILES string of the molecule is CC#Cc1sc2c(NC3CCN(C)CC3F)cccc2c1-n1cccc1. The normalized spacial score (nSPS) is 20.7. The number of aromatic nitrogens is 1. The first-order valence-corrected chi connectivity index (χ1v) is 9.70. The van der Waals surface area contributed by atoms with Crippen LogP contribution in [0, 0.1) is 11.8 Å². The van der Waals surface area contributed by atoms with Crippen LogP contribution in [0.2, 0.25) is 0 Å². The molecule has 0 spiro atoms. The van der Waals surface area contributed by atoms with Crippen molar-refractivity contribution in [3.8, 4) is 17.5 Å². The number of hydrogen-bond donors (Lipinski definition) is 1. The van der Waals surface area contributed by atoms with Gasteiger partial charge < -0.3 is 14.8 Å². The minimum atomic E-state index is -0.859. The van der Waals surface area contributed by atoms with Crippen LogP contribution in [-0.4, -0.2) is 41.8 Å². The number of nitrogens with zero attached hydrogens (tertiary/aromatic N) is 2. The Morgan fingerprint density at radius 1 is 1.23 bits per heavy atom. The van der Waals surface area contributed by atoms with Crippen LogP contribution < -0.4 is 5.32 Å². The summed E-state index contributed by atoms with van der Waals surface area (Å²) >= 11 is 1.67. The summed E-state index contributed by atoms with van der Waals surface area (Å²) in [5, 5.41) is 4.62. The van der Waals surface area contributed by atoms with E-state index in [-0.39, 0.29) is 6.04 Å². The molecule has 1 saturated heterocycles. The summed E-state index contributed by atoms with van der Waals surface area (Å²) in [6.45, 7) is 3.26. The predicted molar refractivity (Wildman–Crippen MR) is 108 cm³/mol. The molecule has 0 saturated carbocycles. The van der Waals surface area contributed by atoms with Crippen LogP contribution in [0.5, 0.6) is 0 Å². The molecule has 2 atom stereocenters. The van der Waals surface area contributed by atoms with Crippen molar-refractivity contribution >= 4 is 27.1 Å². The van der Waals surface area contributed by atoms with Crippen molar-refractivity contribution in [2.75, 3.05) is 25.5 Å². The van der Waals surface area contributed by atoms with Crippen molar-refractivity contribution < 1.29 is 4.39 Å². The van der Waals surface area contributed by atoms with Gasteiger partial charge in [0.15, 0.2) is 0 Å². The smallest absolute Gasteiger partial charge is 0.133 e. The number of piperidine rings is 1. The van der Waals surface area contributed by atoms with Gasteiger partial charge in [-0.2, -0.15) is 0 Å². The molecule has 3 aromatic rings. The van der Waals surface area contributed by atoms with Gasteiger partial charge >= 0.3 is 0 Å². The van der Waals surface area contributed by atoms with Gasteiger partial charge in [-0.1, -0.05) is 18.1 Å². The van der Waals surface area contributed by atoms with Crippen molar-refractivity contribution in [3.63, 3.8) is 0 Å². The third-order valence-corrected chi connectivity index (χ3v) is 6.02. The van der Waals surface area contributed by atoms with Crippen LogP contribution in [0.4, 0.5) is 10.1 Å². The van der Waals surface area contributed by atoms with E-state index in [1.54, 1.807) is 11.3 Å². The topological polar surface area (TPSA) is 20.2 Å². The van der Waals surface area contributed by atoms with Gasteiger partial charge in [0.1, 0.15) is 11.0 Å². The van der Waals surface area contributed by atoms with E-state index < -0.39 is 6.17 Å². The standard InChI is InChI=1S/C21H22FN3S/c1-3-7-19-20(25-11-4-5-12-25)15-8-6-9-18(21(15)26-19)23-17-10-13-24(2)14-16(17)22/h4-6,8-9,11-12,16-17,23H,10,13-14H2,1-2H3. The number of rotatable bonds is 3. The molecule has 4 rings (SSSR count). The van der Waals surface area contributed by atoms with Crippen molar-refractivity contribution in [2.24, 2.45) is 0 Å². The van der Waals surface area contributed by atoms with E-state index in [9.17, 15) is 4.39 Å². The molecule has 2 unspecified atom stereocenters. The number of fused-ring (bicyclic) bond motifs is 1. The van der Waals surface area contributed by atoms with E-state index in [0.717, 1.165) is 39.3 Å². The fourth-order valence-electron chi connectivity index (χ4n) is 3.58. The van der Waals surface area contributed by atoms with Crippen LogP contribution in [0.25, 0.3) is 15.8 Å². The average molecular weight is 367 g/mol. The summed E-state index contributed by atoms with van der Waals surface area (Å²) in [5.74, 6) is 6.26. The maximum atomic E-state index is 14.5. The zero-order valence-electron chi connectivity index (χ0n) is 15.0. The second-order valence-corrected chi connectivity index (χ2v) is 7.77. The van der Waals surface area contributed by atoms with Gasteiger partial charge in [0.05, 0.1) is 22.1 Å². The highest BCUT2D eigenvalue weighted by atomic mass is 32.1. The highest BCUT2D eigenvalue weighted by Gasteiger charge is 2.28. The molecule has 0 radical (unpaired) electrons. The Kier molecular flexibility index (Phi) is 4.71. The lowest BCUT2D eigenvalue weighted by molar-refractivity contribution is 0.149. The van der Waals surface area contributed by atoms with E-state index >= 15 is 0 Å². The molecular formula is C21H22FN3S. The Labute approximate surface area is 157 Å². The van der Waals surface area contributed by atoms with Crippen LogP contribution in [0.3, 0.4) is 0 Å². The minimum Gasteiger partial charge on any atom is -0.378 e. The largest absolute Gasteiger partial charge is 0.378 e. The van der Waals surface area contributed by atoms with Crippen molar-refractivity contribution in [2.45, 2.75) is 25.6 Å². The van der Waals surface area contributed by atoms with E-state index in [0.29, 0.717) is 6.54 Å². The zero-order valence-corrected chi connectivity index (χ0v) is 15.8. The summed E-state index contributed by atoms with van der Waals surface area (Å²) in [6, 6.07) is 10.1. The second kappa shape index (κ2) is 7.14. The number of anilines is 1. The molecule has 134 valence electrons. The lowest BCUT2D eigenvalue weighted by Gasteiger charge is -2.33. The molecule has 0 aliphatic carbocycles. The number of alkyl halides is 1. The first kappa shape index (κ1) is 17.1. The van der Waals surface area contributed by atoms with Gasteiger partial charge in [-0.15, -0.1) is 17.3 Å². The van der Waals surface area contributed by atoms with E-state index in [2.05, 4.69) is 27.8 Å². The molecule has 3 heterocycles. The van der Waals surface area contributed by atoms with E-state index in [1.165, 1.54) is 0 Å². The van der Waals surface area contributed by atoms with Crippen LogP contribution in [0.1, 0.15) is 18.2 Å². The lowest BCUT2D eigenvalue weighted by Crippen LogP contribution is -2.46. The fourth-order valence-corrected chi connectivity index (χ4v) is 4.76. The molecule has 2 aromatic heterocycles. The summed E-state index contributed by atoms with van der Waals surface area (Å²) in [7, 11) is 1.97. The molecule has 1 aliphatic rings. The molecule has 1 fully saturated rings. The number of thiophene rings is 1. The first-order valence-electron chi connectivity index (χ1n) is 8.88. The summed E-state index contributed by atoms with van der Waals surface area (Å²) in [4.78, 5) is 3.08. The molecule has 1 aromatic carbocycles. The molecule has 5 heteroatoms. The molecule has 26 heavy (non-hydrogen) atoms. The van der Waals surface area contributed by atoms with Gasteiger partial charge in [0, 0.05) is 30.9 Å². The van der Waals surface area contributed by atoms with Crippen LogP contribution in [-0.2, 0) is 0 Å². The Morgan fingerprint density at radius 2 is 2.04 bits per heavy atom. The summed E-state index contributed by atoms with van der Waals surface area (Å²) < 4.78 is 17.7. The Hall–Kier alpha value is -2.29.